The third-order valence-corrected chi connectivity index (χ3v) is 4.08. The lowest BCUT2D eigenvalue weighted by Crippen LogP contribution is -2.27. The van der Waals surface area contributed by atoms with E-state index in [0.29, 0.717) is 12.4 Å². The number of rotatable bonds is 1. The summed E-state index contributed by atoms with van der Waals surface area (Å²) in [6.07, 6.45) is 0. The molecular weight excluding hydrogens is 262 g/mol. The number of halogens is 1. The van der Waals surface area contributed by atoms with E-state index >= 15 is 0 Å². The van der Waals surface area contributed by atoms with E-state index in [9.17, 15) is 9.90 Å². The second kappa shape index (κ2) is 4.42. The number of phenolic OH excluding ortho intramolecular Hbond substituents is 1. The summed E-state index contributed by atoms with van der Waals surface area (Å²) >= 11 is 6.05. The molecule has 3 nitrogen and oxygen atoms in total. The monoisotopic (exact) mass is 275 g/mol. The number of fused-ring (bicyclic) bond motifs is 3. The van der Waals surface area contributed by atoms with Crippen LogP contribution in [0.3, 0.4) is 0 Å². The van der Waals surface area contributed by atoms with Crippen molar-refractivity contribution in [1.29, 1.82) is 0 Å². The lowest BCUT2D eigenvalue weighted by Gasteiger charge is -2.15. The molecule has 3 rings (SSSR count). The maximum Gasteiger partial charge on any atom is 0.223 e. The first-order chi connectivity index (χ1) is 9.13. The molecule has 1 aliphatic heterocycles. The van der Waals surface area contributed by atoms with Crippen molar-refractivity contribution < 1.29 is 9.90 Å². The average molecular weight is 276 g/mol. The highest BCUT2D eigenvalue weighted by Crippen LogP contribution is 2.44. The molecule has 1 amide bonds. The molecule has 0 bridgehead atoms. The van der Waals surface area contributed by atoms with E-state index in [2.05, 4.69) is 0 Å². The van der Waals surface area contributed by atoms with Crippen LogP contribution in [0.1, 0.15) is 18.4 Å². The minimum atomic E-state index is -0.0245. The molecular formula is C15H14ClNO2. The summed E-state index contributed by atoms with van der Waals surface area (Å²) in [5.41, 5.74) is 1.85. The van der Waals surface area contributed by atoms with Crippen molar-refractivity contribution >= 4 is 34.0 Å². The van der Waals surface area contributed by atoms with Gasteiger partial charge < -0.3 is 10.0 Å². The fraction of sp³-hybridized carbons (Fsp3) is 0.267. The van der Waals surface area contributed by atoms with E-state index in [1.54, 1.807) is 11.0 Å². The zero-order valence-corrected chi connectivity index (χ0v) is 11.3. The van der Waals surface area contributed by atoms with Crippen LogP contribution in [0.25, 0.3) is 10.8 Å². The van der Waals surface area contributed by atoms with Crippen LogP contribution in [0.2, 0.25) is 0 Å². The molecule has 0 saturated heterocycles. The largest absolute Gasteiger partial charge is 0.507 e. The quantitative estimate of drug-likeness (QED) is 0.812. The number of carbonyl (C=O) groups excluding carboxylic acids is 1. The Hall–Kier alpha value is -1.74. The van der Waals surface area contributed by atoms with Gasteiger partial charge in [0.25, 0.3) is 0 Å². The van der Waals surface area contributed by atoms with Crippen LogP contribution in [0.5, 0.6) is 5.75 Å². The third kappa shape index (κ3) is 1.77. The van der Waals surface area contributed by atoms with Crippen molar-refractivity contribution in [2.45, 2.75) is 12.8 Å². The van der Waals surface area contributed by atoms with Gasteiger partial charge >= 0.3 is 0 Å². The molecule has 19 heavy (non-hydrogen) atoms. The summed E-state index contributed by atoms with van der Waals surface area (Å²) < 4.78 is 0. The maximum atomic E-state index is 11.7. The van der Waals surface area contributed by atoms with Gasteiger partial charge in [-0.15, -0.1) is 11.6 Å². The molecule has 0 aromatic heterocycles. The van der Waals surface area contributed by atoms with Crippen molar-refractivity contribution in [2.24, 2.45) is 0 Å². The smallest absolute Gasteiger partial charge is 0.223 e. The molecule has 98 valence electrons. The van der Waals surface area contributed by atoms with Gasteiger partial charge in [-0.2, -0.15) is 0 Å². The highest BCUT2D eigenvalue weighted by atomic mass is 35.5. The van der Waals surface area contributed by atoms with Gasteiger partial charge in [-0.25, -0.2) is 0 Å². The Morgan fingerprint density at radius 3 is 2.74 bits per heavy atom. The molecule has 0 fully saturated rings. The second-order valence-corrected chi connectivity index (χ2v) is 5.16. The Morgan fingerprint density at radius 1 is 1.42 bits per heavy atom. The van der Waals surface area contributed by atoms with Crippen LogP contribution in [-0.2, 0) is 4.79 Å². The van der Waals surface area contributed by atoms with Crippen LogP contribution >= 0.6 is 11.6 Å². The molecule has 4 heteroatoms. The van der Waals surface area contributed by atoms with Crippen molar-refractivity contribution in [1.82, 2.24) is 0 Å². The Balaban J connectivity index is 2.34. The topological polar surface area (TPSA) is 40.5 Å². The van der Waals surface area contributed by atoms with Crippen molar-refractivity contribution in [3.8, 4) is 5.75 Å². The first-order valence-electron chi connectivity index (χ1n) is 6.22. The molecule has 0 saturated carbocycles. The van der Waals surface area contributed by atoms with Gasteiger partial charge in [-0.1, -0.05) is 24.3 Å². The summed E-state index contributed by atoms with van der Waals surface area (Å²) in [4.78, 5) is 13.4. The Bertz CT molecular complexity index is 668. The standard InChI is InChI=1S/C15H14ClNO2/c1-9(18)17-8-10(7-16)15-12-5-3-2-4-11(12)14(19)6-13(15)17/h2-6,10,19H,7-8H2,1H3. The van der Waals surface area contributed by atoms with Crippen molar-refractivity contribution in [3.63, 3.8) is 0 Å². The number of hydrogen-bond acceptors (Lipinski definition) is 2. The fourth-order valence-electron chi connectivity index (χ4n) is 2.85. The van der Waals surface area contributed by atoms with Crippen molar-refractivity contribution in [3.05, 3.63) is 35.9 Å². The molecule has 1 aliphatic rings. The van der Waals surface area contributed by atoms with Crippen LogP contribution in [-0.4, -0.2) is 23.4 Å². The van der Waals surface area contributed by atoms with Crippen molar-refractivity contribution in [2.75, 3.05) is 17.3 Å². The van der Waals surface area contributed by atoms with Gasteiger partial charge in [0.1, 0.15) is 5.75 Å². The molecule has 2 aromatic carbocycles. The summed E-state index contributed by atoms with van der Waals surface area (Å²) in [7, 11) is 0. The minimum absolute atomic E-state index is 0.0245. The van der Waals surface area contributed by atoms with Gasteiger partial charge in [0, 0.05) is 36.7 Å². The lowest BCUT2D eigenvalue weighted by molar-refractivity contribution is -0.116. The van der Waals surface area contributed by atoms with Gasteiger partial charge in [0.15, 0.2) is 0 Å². The highest BCUT2D eigenvalue weighted by molar-refractivity contribution is 6.19. The highest BCUT2D eigenvalue weighted by Gasteiger charge is 2.32. The summed E-state index contributed by atoms with van der Waals surface area (Å²) in [6, 6.07) is 9.35. The first-order valence-corrected chi connectivity index (χ1v) is 6.75. The summed E-state index contributed by atoms with van der Waals surface area (Å²) in [6.45, 7) is 2.12. The maximum absolute atomic E-state index is 11.7. The lowest BCUT2D eigenvalue weighted by atomic mass is 9.95. The number of phenols is 1. The van der Waals surface area contributed by atoms with Crippen LogP contribution in [0, 0.1) is 0 Å². The van der Waals surface area contributed by atoms with E-state index in [-0.39, 0.29) is 17.6 Å². The normalized spacial score (nSPS) is 17.8. The number of carbonyl (C=O) groups is 1. The number of anilines is 1. The first kappa shape index (κ1) is 12.3. The van der Waals surface area contributed by atoms with E-state index in [1.165, 1.54) is 6.92 Å². The SMILES string of the molecule is CC(=O)N1CC(CCl)c2c1cc(O)c1ccccc21. The van der Waals surface area contributed by atoms with Crippen LogP contribution in [0.15, 0.2) is 30.3 Å². The third-order valence-electron chi connectivity index (χ3n) is 3.71. The van der Waals surface area contributed by atoms with E-state index in [1.807, 2.05) is 24.3 Å². The number of hydrogen-bond donors (Lipinski definition) is 1. The zero-order chi connectivity index (χ0) is 13.6. The molecule has 2 aromatic rings. The Morgan fingerprint density at radius 2 is 2.11 bits per heavy atom. The molecule has 0 aliphatic carbocycles. The molecule has 1 atom stereocenters. The van der Waals surface area contributed by atoms with Gasteiger partial charge in [0.2, 0.25) is 5.91 Å². The molecule has 1 heterocycles. The average Bonchev–Trinajstić information content (AvgIpc) is 2.78. The van der Waals surface area contributed by atoms with Gasteiger partial charge in [0.05, 0.1) is 5.69 Å². The Kier molecular flexibility index (Phi) is 2.86. The number of amides is 1. The summed E-state index contributed by atoms with van der Waals surface area (Å²) in [5.74, 6) is 0.761. The predicted octanol–water partition coefficient (Wildman–Crippen LogP) is 3.23. The number of nitrogens with zero attached hydrogens (tertiary/aromatic N) is 1. The zero-order valence-electron chi connectivity index (χ0n) is 10.6. The Labute approximate surface area is 116 Å². The van der Waals surface area contributed by atoms with Gasteiger partial charge in [-0.05, 0) is 10.9 Å². The van der Waals surface area contributed by atoms with Crippen LogP contribution < -0.4 is 4.90 Å². The molecule has 1 N–H and O–H groups in total. The predicted molar refractivity (Wildman–Crippen MR) is 77.1 cm³/mol. The number of alkyl halides is 1. The van der Waals surface area contributed by atoms with E-state index in [0.717, 1.165) is 22.0 Å². The number of benzene rings is 2. The number of aromatic hydroxyl groups is 1. The fourth-order valence-corrected chi connectivity index (χ4v) is 3.10. The minimum Gasteiger partial charge on any atom is -0.507 e. The molecule has 1 unspecified atom stereocenters. The summed E-state index contributed by atoms with van der Waals surface area (Å²) in [5, 5.41) is 11.9. The van der Waals surface area contributed by atoms with Crippen LogP contribution in [0.4, 0.5) is 5.69 Å². The molecule has 0 spiro atoms. The molecule has 0 radical (unpaired) electrons. The van der Waals surface area contributed by atoms with Gasteiger partial charge in [-0.3, -0.25) is 4.79 Å². The second-order valence-electron chi connectivity index (χ2n) is 4.85. The van der Waals surface area contributed by atoms with E-state index in [4.69, 9.17) is 11.6 Å². The van der Waals surface area contributed by atoms with E-state index < -0.39 is 0 Å².